The molecule has 168 valence electrons. The molecule has 0 aliphatic heterocycles. The smallest absolute Gasteiger partial charge is 0.226 e. The molecule has 0 aliphatic carbocycles. The third-order valence-corrected chi connectivity index (χ3v) is 5.71. The lowest BCUT2D eigenvalue weighted by Crippen LogP contribution is -2.15. The number of nitrogens with one attached hydrogen (secondary N) is 2. The van der Waals surface area contributed by atoms with E-state index in [9.17, 15) is 4.79 Å². The van der Waals surface area contributed by atoms with E-state index < -0.39 is 0 Å². The molecule has 0 radical (unpaired) electrons. The molecule has 6 nitrogen and oxygen atoms in total. The Morgan fingerprint density at radius 3 is 2.67 bits per heavy atom. The quantitative estimate of drug-likeness (QED) is 0.340. The fourth-order valence-corrected chi connectivity index (χ4v) is 4.00. The molecular weight excluding hydrogens is 432 g/mol. The number of carbonyl (C=O) groups excluding carboxylic acids is 1. The minimum Gasteiger partial charge on any atom is -0.496 e. The molecule has 1 amide bonds. The maximum atomic E-state index is 12.7. The minimum atomic E-state index is -0.0934. The third-order valence-electron chi connectivity index (χ3n) is 5.40. The molecule has 0 saturated carbocycles. The Morgan fingerprint density at radius 2 is 1.91 bits per heavy atom. The van der Waals surface area contributed by atoms with Crippen molar-refractivity contribution in [3.8, 4) is 17.1 Å². The number of benzene rings is 3. The molecule has 7 heteroatoms. The number of carbonyl (C=O) groups is 1. The van der Waals surface area contributed by atoms with Crippen molar-refractivity contribution in [1.29, 1.82) is 0 Å². The highest BCUT2D eigenvalue weighted by Gasteiger charge is 2.12. The van der Waals surface area contributed by atoms with E-state index in [1.54, 1.807) is 7.11 Å². The Morgan fingerprint density at radius 1 is 1.09 bits per heavy atom. The maximum Gasteiger partial charge on any atom is 0.226 e. The Hall–Kier alpha value is -3.71. The topological polar surface area (TPSA) is 71.9 Å². The predicted octanol–water partition coefficient (Wildman–Crippen LogP) is 5.54. The molecule has 33 heavy (non-hydrogen) atoms. The summed E-state index contributed by atoms with van der Waals surface area (Å²) >= 11 is 5.39. The molecule has 1 heterocycles. The Balaban J connectivity index is 1.45. The van der Waals surface area contributed by atoms with Gasteiger partial charge in [0.25, 0.3) is 0 Å². The van der Waals surface area contributed by atoms with Gasteiger partial charge in [-0.1, -0.05) is 54.1 Å². The van der Waals surface area contributed by atoms with Crippen LogP contribution in [-0.4, -0.2) is 27.8 Å². The number of aryl methyl sites for hydroxylation is 1. The second kappa shape index (κ2) is 10.3. The summed E-state index contributed by atoms with van der Waals surface area (Å²) in [6, 6.07) is 23.9. The second-order valence-electron chi connectivity index (χ2n) is 7.86. The molecule has 0 atom stereocenters. The van der Waals surface area contributed by atoms with E-state index in [2.05, 4.69) is 27.6 Å². The zero-order chi connectivity index (χ0) is 23.2. The van der Waals surface area contributed by atoms with Gasteiger partial charge in [0.05, 0.1) is 7.11 Å². The van der Waals surface area contributed by atoms with Gasteiger partial charge in [0.15, 0.2) is 10.6 Å². The highest BCUT2D eigenvalue weighted by molar-refractivity contribution is 7.71. The first-order valence-corrected chi connectivity index (χ1v) is 11.2. The summed E-state index contributed by atoms with van der Waals surface area (Å²) in [7, 11) is 1.66. The van der Waals surface area contributed by atoms with Crippen molar-refractivity contribution in [1.82, 2.24) is 14.8 Å². The summed E-state index contributed by atoms with van der Waals surface area (Å²) in [6.45, 7) is 2.46. The number of aromatic amines is 1. The fourth-order valence-electron chi connectivity index (χ4n) is 3.78. The predicted molar refractivity (Wildman–Crippen MR) is 133 cm³/mol. The van der Waals surface area contributed by atoms with Crippen LogP contribution in [0.1, 0.15) is 23.1 Å². The number of aromatic nitrogens is 3. The average molecular weight is 459 g/mol. The Kier molecular flexibility index (Phi) is 7.00. The van der Waals surface area contributed by atoms with Crippen molar-refractivity contribution in [2.24, 2.45) is 0 Å². The van der Waals surface area contributed by atoms with Crippen LogP contribution in [0, 0.1) is 11.7 Å². The lowest BCUT2D eigenvalue weighted by atomic mass is 10.0. The highest BCUT2D eigenvalue weighted by atomic mass is 32.1. The number of hydrogen-bond donors (Lipinski definition) is 2. The summed E-state index contributed by atoms with van der Waals surface area (Å²) in [5, 5.41) is 10.2. The van der Waals surface area contributed by atoms with E-state index in [-0.39, 0.29) is 12.3 Å². The van der Waals surface area contributed by atoms with Crippen molar-refractivity contribution in [2.75, 3.05) is 12.4 Å². The maximum absolute atomic E-state index is 12.7. The number of H-pyrrole nitrogens is 1. The highest BCUT2D eigenvalue weighted by Crippen LogP contribution is 2.25. The number of hydrogen-bond acceptors (Lipinski definition) is 4. The molecule has 0 fully saturated rings. The van der Waals surface area contributed by atoms with E-state index in [1.165, 1.54) is 5.56 Å². The normalized spacial score (nSPS) is 10.7. The van der Waals surface area contributed by atoms with Crippen LogP contribution in [-0.2, 0) is 17.8 Å². The molecule has 0 unspecified atom stereocenters. The molecular formula is C26H26N4O2S. The Labute approximate surface area is 198 Å². The van der Waals surface area contributed by atoms with Crippen LogP contribution in [0.15, 0.2) is 72.8 Å². The van der Waals surface area contributed by atoms with Crippen LogP contribution in [0.3, 0.4) is 0 Å². The number of amides is 1. The zero-order valence-electron chi connectivity index (χ0n) is 18.7. The first-order chi connectivity index (χ1) is 16.0. The summed E-state index contributed by atoms with van der Waals surface area (Å²) in [4.78, 5) is 12.7. The van der Waals surface area contributed by atoms with Crippen LogP contribution in [0.5, 0.6) is 5.75 Å². The molecule has 0 saturated heterocycles. The van der Waals surface area contributed by atoms with E-state index in [1.807, 2.05) is 72.2 Å². The molecule has 0 aliphatic rings. The van der Waals surface area contributed by atoms with E-state index in [0.717, 1.165) is 40.4 Å². The fraction of sp³-hybridized carbons (Fsp3) is 0.192. The first kappa shape index (κ1) is 22.5. The van der Waals surface area contributed by atoms with Gasteiger partial charge in [-0.2, -0.15) is 5.10 Å². The molecule has 1 aromatic heterocycles. The number of ether oxygens (including phenoxy) is 1. The zero-order valence-corrected chi connectivity index (χ0v) is 19.5. The van der Waals surface area contributed by atoms with E-state index in [4.69, 9.17) is 17.0 Å². The van der Waals surface area contributed by atoms with Crippen molar-refractivity contribution in [3.63, 3.8) is 0 Å². The van der Waals surface area contributed by atoms with Crippen molar-refractivity contribution < 1.29 is 9.53 Å². The SMILES string of the molecule is COc1ccc(NC(=O)CCn2c(-c3cccc(C)c3)n[nH]c2=S)cc1Cc1ccccc1. The molecule has 4 rings (SSSR count). The summed E-state index contributed by atoms with van der Waals surface area (Å²) in [6.07, 6.45) is 0.991. The lowest BCUT2D eigenvalue weighted by Gasteiger charge is -2.12. The molecule has 0 bridgehead atoms. The van der Waals surface area contributed by atoms with Crippen LogP contribution in [0.4, 0.5) is 5.69 Å². The van der Waals surface area contributed by atoms with Crippen molar-refractivity contribution in [2.45, 2.75) is 26.3 Å². The van der Waals surface area contributed by atoms with Crippen LogP contribution in [0.2, 0.25) is 0 Å². The molecule has 0 spiro atoms. The van der Waals surface area contributed by atoms with Gasteiger partial charge in [0.1, 0.15) is 5.75 Å². The third kappa shape index (κ3) is 5.56. The van der Waals surface area contributed by atoms with E-state index >= 15 is 0 Å². The summed E-state index contributed by atoms with van der Waals surface area (Å²) in [5.74, 6) is 1.43. The summed E-state index contributed by atoms with van der Waals surface area (Å²) < 4.78 is 7.87. The lowest BCUT2D eigenvalue weighted by molar-refractivity contribution is -0.116. The number of anilines is 1. The van der Waals surface area contributed by atoms with Gasteiger partial charge in [0, 0.05) is 36.2 Å². The van der Waals surface area contributed by atoms with Gasteiger partial charge in [-0.15, -0.1) is 0 Å². The molecule has 4 aromatic rings. The van der Waals surface area contributed by atoms with Gasteiger partial charge in [-0.3, -0.25) is 14.5 Å². The number of rotatable bonds is 8. The largest absolute Gasteiger partial charge is 0.496 e. The average Bonchev–Trinajstić information content (AvgIpc) is 3.19. The first-order valence-electron chi connectivity index (χ1n) is 10.8. The Bertz CT molecular complexity index is 1310. The van der Waals surface area contributed by atoms with Gasteiger partial charge >= 0.3 is 0 Å². The van der Waals surface area contributed by atoms with Crippen LogP contribution >= 0.6 is 12.2 Å². The monoisotopic (exact) mass is 458 g/mol. The van der Waals surface area contributed by atoms with Crippen LogP contribution in [0.25, 0.3) is 11.4 Å². The number of nitrogens with zero attached hydrogens (tertiary/aromatic N) is 2. The standard InChI is InChI=1S/C26H26N4O2S/c1-18-7-6-10-20(15-18)25-28-29-26(33)30(25)14-13-24(31)27-22-11-12-23(32-2)21(17-22)16-19-8-4-3-5-9-19/h3-12,15,17H,13-14,16H2,1-2H3,(H,27,31)(H,29,33). The molecule has 3 aromatic carbocycles. The second-order valence-corrected chi connectivity index (χ2v) is 8.25. The minimum absolute atomic E-state index is 0.0934. The van der Waals surface area contributed by atoms with Gasteiger partial charge in [-0.05, 0) is 49.0 Å². The van der Waals surface area contributed by atoms with E-state index in [0.29, 0.717) is 11.3 Å². The molecule has 2 N–H and O–H groups in total. The van der Waals surface area contributed by atoms with Gasteiger partial charge in [0.2, 0.25) is 5.91 Å². The van der Waals surface area contributed by atoms with Gasteiger partial charge < -0.3 is 10.1 Å². The van der Waals surface area contributed by atoms with Gasteiger partial charge in [-0.25, -0.2) is 0 Å². The van der Waals surface area contributed by atoms with Crippen molar-refractivity contribution in [3.05, 3.63) is 94.3 Å². The van der Waals surface area contributed by atoms with Crippen LogP contribution < -0.4 is 10.1 Å². The van der Waals surface area contributed by atoms with Crippen molar-refractivity contribution >= 4 is 23.8 Å². The number of methoxy groups -OCH3 is 1. The summed E-state index contributed by atoms with van der Waals surface area (Å²) in [5.41, 5.74) is 5.03.